The Kier molecular flexibility index (Phi) is 10.5. The van der Waals surface area contributed by atoms with Gasteiger partial charge in [-0.3, -0.25) is 0 Å². The van der Waals surface area contributed by atoms with Crippen LogP contribution in [-0.4, -0.2) is 12.8 Å². The van der Waals surface area contributed by atoms with Crippen molar-refractivity contribution in [2.75, 3.05) is 14.7 Å². The van der Waals surface area contributed by atoms with Gasteiger partial charge >= 0.3 is 0 Å². The highest BCUT2D eigenvalue weighted by Gasteiger charge is 2.43. The van der Waals surface area contributed by atoms with Crippen molar-refractivity contribution < 1.29 is 9.47 Å². The average Bonchev–Trinajstić information content (AvgIpc) is 3.40. The fourth-order valence-electron chi connectivity index (χ4n) is 12.0. The van der Waals surface area contributed by atoms with Crippen molar-refractivity contribution in [3.8, 4) is 23.0 Å². The lowest BCUT2D eigenvalue weighted by Gasteiger charge is -2.42. The summed E-state index contributed by atoms with van der Waals surface area (Å²) < 4.78 is 13.8. The van der Waals surface area contributed by atoms with Crippen molar-refractivity contribution in [1.82, 2.24) is 0 Å². The summed E-state index contributed by atoms with van der Waals surface area (Å²) in [6.07, 6.45) is 16.8. The number of allylic oxidation sites excluding steroid dienone is 6. The molecule has 0 bridgehead atoms. The molecule has 5 nitrogen and oxygen atoms in total. The molecule has 2 aliphatic carbocycles. The summed E-state index contributed by atoms with van der Waals surface area (Å²) in [5.74, 6) is 4.30. The Morgan fingerprint density at radius 3 is 2.07 bits per heavy atom. The van der Waals surface area contributed by atoms with Crippen LogP contribution in [0.5, 0.6) is 23.0 Å². The SMILES string of the molecule is Cc1ccc(N2c3cc(N(c4ccccc4)C4C=CC=CC4C)ccc3B3c4ccc(N(c5ccc(C6=CC=CCC6C)cc5)c5ccc6c(c5)C(C)(C)c5ccccc5O6)cc4Oc4cccc2c43)cc1. The standard InChI is InChI=1S/C66H56BN3O2/c1-43-26-30-49(31-27-43)70-59-23-15-25-63-65(59)67(56-37-34-51(41-60(56)70)69(47-18-7-6-8-19-47)58-22-13-10-17-45(58)3)57-38-35-52(42-64(57)72-63)68(48-32-28-46(29-33-48)53-20-11-9-16-44(53)2)50-36-39-62-55(40-50)66(4,5)54-21-12-14-24-61(54)71-62/h6-15,17-42,44-45,58H,16H2,1-5H3. The summed E-state index contributed by atoms with van der Waals surface area (Å²) in [5, 5.41) is 0. The second-order valence-corrected chi connectivity index (χ2v) is 20.7. The van der Waals surface area contributed by atoms with E-state index in [1.807, 2.05) is 0 Å². The van der Waals surface area contributed by atoms with Gasteiger partial charge in [-0.25, -0.2) is 0 Å². The van der Waals surface area contributed by atoms with Gasteiger partial charge in [-0.15, -0.1) is 0 Å². The minimum atomic E-state index is -0.283. The van der Waals surface area contributed by atoms with E-state index >= 15 is 0 Å². The molecule has 8 aromatic carbocycles. The topological polar surface area (TPSA) is 28.2 Å². The fraction of sp³-hybridized carbons (Fsp3) is 0.152. The van der Waals surface area contributed by atoms with E-state index in [9.17, 15) is 0 Å². The summed E-state index contributed by atoms with van der Waals surface area (Å²) >= 11 is 0. The van der Waals surface area contributed by atoms with Crippen LogP contribution in [-0.2, 0) is 5.41 Å². The Bertz CT molecular complexity index is 3550. The van der Waals surface area contributed by atoms with Gasteiger partial charge in [0.05, 0.1) is 6.04 Å². The summed E-state index contributed by atoms with van der Waals surface area (Å²) in [6, 6.07) is 64.7. The average molecular weight is 934 g/mol. The van der Waals surface area contributed by atoms with Crippen molar-refractivity contribution in [3.63, 3.8) is 0 Å². The Labute approximate surface area is 424 Å². The number of anilines is 8. The molecular formula is C66H56BN3O2. The van der Waals surface area contributed by atoms with Gasteiger partial charge in [0, 0.05) is 68.1 Å². The molecule has 0 fully saturated rings. The molecule has 3 atom stereocenters. The smallest absolute Gasteiger partial charge is 0.256 e. The largest absolute Gasteiger partial charge is 0.458 e. The molecule has 0 N–H and O–H groups in total. The lowest BCUT2D eigenvalue weighted by Crippen LogP contribution is -2.59. The molecule has 8 aromatic rings. The molecule has 0 saturated heterocycles. The second kappa shape index (κ2) is 17.3. The van der Waals surface area contributed by atoms with Crippen molar-refractivity contribution >= 4 is 74.2 Å². The quantitative estimate of drug-likeness (QED) is 0.142. The van der Waals surface area contributed by atoms with Crippen LogP contribution in [0, 0.1) is 18.8 Å². The molecule has 13 rings (SSSR count). The second-order valence-electron chi connectivity index (χ2n) is 20.7. The van der Waals surface area contributed by atoms with Gasteiger partial charge in [0.25, 0.3) is 6.71 Å². The molecule has 0 radical (unpaired) electrons. The van der Waals surface area contributed by atoms with E-state index in [1.165, 1.54) is 33.2 Å². The number of hydrogen-bond acceptors (Lipinski definition) is 5. The van der Waals surface area contributed by atoms with Crippen LogP contribution in [0.4, 0.5) is 45.5 Å². The monoisotopic (exact) mass is 933 g/mol. The maximum atomic E-state index is 7.18. The Morgan fingerprint density at radius 2 is 1.25 bits per heavy atom. The summed E-state index contributed by atoms with van der Waals surface area (Å²) in [4.78, 5) is 7.33. The number of para-hydroxylation sites is 2. The van der Waals surface area contributed by atoms with E-state index in [0.717, 1.165) is 85.9 Å². The number of benzene rings is 8. The summed E-state index contributed by atoms with van der Waals surface area (Å²) in [7, 11) is 0. The first kappa shape index (κ1) is 43.8. The lowest BCUT2D eigenvalue weighted by atomic mass is 9.34. The van der Waals surface area contributed by atoms with Crippen LogP contribution < -0.4 is 40.6 Å². The third-order valence-electron chi connectivity index (χ3n) is 15.8. The highest BCUT2D eigenvalue weighted by molar-refractivity contribution is 6.99. The zero-order valence-corrected chi connectivity index (χ0v) is 41.5. The highest BCUT2D eigenvalue weighted by Crippen LogP contribution is 2.51. The molecule has 0 saturated carbocycles. The molecule has 3 aliphatic heterocycles. The van der Waals surface area contributed by atoms with E-state index in [4.69, 9.17) is 9.47 Å². The number of fused-ring (bicyclic) bond motifs is 6. The van der Waals surface area contributed by atoms with Crippen molar-refractivity contribution in [2.24, 2.45) is 11.8 Å². The first-order valence-corrected chi connectivity index (χ1v) is 25.5. The third kappa shape index (κ3) is 7.22. The molecule has 72 heavy (non-hydrogen) atoms. The van der Waals surface area contributed by atoms with Crippen LogP contribution in [0.15, 0.2) is 218 Å². The highest BCUT2D eigenvalue weighted by atomic mass is 16.5. The number of aryl methyl sites for hydroxylation is 1. The number of ether oxygens (including phenoxy) is 2. The first-order chi connectivity index (χ1) is 35.2. The molecule has 3 heterocycles. The van der Waals surface area contributed by atoms with Gasteiger partial charge < -0.3 is 24.2 Å². The number of rotatable bonds is 8. The van der Waals surface area contributed by atoms with Gasteiger partial charge in [-0.2, -0.15) is 0 Å². The molecule has 3 unspecified atom stereocenters. The van der Waals surface area contributed by atoms with Crippen molar-refractivity contribution in [3.05, 3.63) is 241 Å². The van der Waals surface area contributed by atoms with E-state index in [1.54, 1.807) is 0 Å². The Hall–Kier alpha value is -8.22. The predicted molar refractivity (Wildman–Crippen MR) is 301 cm³/mol. The van der Waals surface area contributed by atoms with E-state index in [0.29, 0.717) is 11.8 Å². The number of hydrogen-bond donors (Lipinski definition) is 0. The van der Waals surface area contributed by atoms with Crippen LogP contribution in [0.2, 0.25) is 0 Å². The summed E-state index contributed by atoms with van der Waals surface area (Å²) in [5.41, 5.74) is 18.3. The molecule has 0 amide bonds. The van der Waals surface area contributed by atoms with Crippen LogP contribution >= 0.6 is 0 Å². The molecule has 0 aromatic heterocycles. The van der Waals surface area contributed by atoms with Gasteiger partial charge in [0.2, 0.25) is 0 Å². The van der Waals surface area contributed by atoms with E-state index in [2.05, 4.69) is 268 Å². The Morgan fingerprint density at radius 1 is 0.556 bits per heavy atom. The minimum absolute atomic E-state index is 0.0735. The molecule has 5 aliphatic rings. The minimum Gasteiger partial charge on any atom is -0.458 e. The zero-order chi connectivity index (χ0) is 48.7. The van der Waals surface area contributed by atoms with Gasteiger partial charge in [-0.1, -0.05) is 155 Å². The molecular weight excluding hydrogens is 878 g/mol. The number of nitrogens with zero attached hydrogens (tertiary/aromatic N) is 3. The normalized spacial score (nSPS) is 18.3. The first-order valence-electron chi connectivity index (χ1n) is 25.5. The lowest BCUT2D eigenvalue weighted by molar-refractivity contribution is 0.418. The van der Waals surface area contributed by atoms with E-state index in [-0.39, 0.29) is 18.2 Å². The van der Waals surface area contributed by atoms with Crippen LogP contribution in [0.3, 0.4) is 0 Å². The van der Waals surface area contributed by atoms with Crippen LogP contribution in [0.1, 0.15) is 56.4 Å². The van der Waals surface area contributed by atoms with Crippen LogP contribution in [0.25, 0.3) is 5.57 Å². The third-order valence-corrected chi connectivity index (χ3v) is 15.8. The van der Waals surface area contributed by atoms with Crippen molar-refractivity contribution in [2.45, 2.75) is 52.5 Å². The molecule has 350 valence electrons. The van der Waals surface area contributed by atoms with E-state index < -0.39 is 0 Å². The molecule has 6 heteroatoms. The summed E-state index contributed by atoms with van der Waals surface area (Å²) in [6.45, 7) is 11.3. The molecule has 0 spiro atoms. The fourth-order valence-corrected chi connectivity index (χ4v) is 12.0. The predicted octanol–water partition coefficient (Wildman–Crippen LogP) is 15.5. The van der Waals surface area contributed by atoms with Crippen molar-refractivity contribution in [1.29, 1.82) is 0 Å². The maximum absolute atomic E-state index is 7.18. The maximum Gasteiger partial charge on any atom is 0.256 e. The van der Waals surface area contributed by atoms with Gasteiger partial charge in [-0.05, 0) is 144 Å². The Balaban J connectivity index is 0.966. The van der Waals surface area contributed by atoms with Gasteiger partial charge in [0.15, 0.2) is 0 Å². The zero-order valence-electron chi connectivity index (χ0n) is 41.5. The van der Waals surface area contributed by atoms with Gasteiger partial charge in [0.1, 0.15) is 23.0 Å².